The summed E-state index contributed by atoms with van der Waals surface area (Å²) in [6.07, 6.45) is 5.80. The molecule has 0 bridgehead atoms. The third-order valence-electron chi connectivity index (χ3n) is 5.33. The fourth-order valence-electron chi connectivity index (χ4n) is 3.62. The number of rotatable bonds is 3. The van der Waals surface area contributed by atoms with E-state index in [1.165, 1.54) is 5.56 Å². The Kier molecular flexibility index (Phi) is 7.16. The summed E-state index contributed by atoms with van der Waals surface area (Å²) in [6.45, 7) is 2.30. The van der Waals surface area contributed by atoms with Gasteiger partial charge in [-0.1, -0.05) is 42.5 Å². The molecule has 1 aliphatic heterocycles. The normalized spacial score (nSPS) is 14.3. The van der Waals surface area contributed by atoms with Gasteiger partial charge in [-0.15, -0.1) is 0 Å². The summed E-state index contributed by atoms with van der Waals surface area (Å²) >= 11 is 0. The molecule has 1 aliphatic rings. The molecule has 0 aliphatic carbocycles. The lowest BCUT2D eigenvalue weighted by Gasteiger charge is -2.23. The molecular weight excluding hydrogens is 386 g/mol. The van der Waals surface area contributed by atoms with Gasteiger partial charge >= 0.3 is 0 Å². The van der Waals surface area contributed by atoms with Gasteiger partial charge in [0.15, 0.2) is 11.5 Å². The van der Waals surface area contributed by atoms with Crippen molar-refractivity contribution in [3.05, 3.63) is 84.1 Å². The zero-order valence-electron chi connectivity index (χ0n) is 18.0. The highest BCUT2D eigenvalue weighted by molar-refractivity contribution is 6.00. The van der Waals surface area contributed by atoms with Crippen molar-refractivity contribution in [3.8, 4) is 17.4 Å². The minimum atomic E-state index is 0.545. The largest absolute Gasteiger partial charge is 0.490 e. The van der Waals surface area contributed by atoms with Crippen molar-refractivity contribution in [1.29, 1.82) is 0 Å². The Hall–Kier alpha value is -3.34. The van der Waals surface area contributed by atoms with E-state index in [0.717, 1.165) is 55.9 Å². The number of aliphatic imine (C=N–C) groups is 1. The fraction of sp³-hybridized carbons (Fsp3) is 0.308. The van der Waals surface area contributed by atoms with Crippen LogP contribution in [0.2, 0.25) is 0 Å². The van der Waals surface area contributed by atoms with Crippen LogP contribution < -0.4 is 9.47 Å². The van der Waals surface area contributed by atoms with E-state index in [4.69, 9.17) is 14.5 Å². The van der Waals surface area contributed by atoms with E-state index in [1.54, 1.807) is 6.20 Å². The molecule has 4 rings (SSSR count). The highest BCUT2D eigenvalue weighted by Gasteiger charge is 2.18. The smallest absolute Gasteiger partial charge is 0.230 e. The van der Waals surface area contributed by atoms with E-state index >= 15 is 0 Å². The number of para-hydroxylation sites is 2. The first kappa shape index (κ1) is 20.9. The minimum absolute atomic E-state index is 0.545. The average molecular weight is 416 g/mol. The molecule has 5 nitrogen and oxygen atoms in total. The number of ether oxygens (including phenoxy) is 2. The summed E-state index contributed by atoms with van der Waals surface area (Å²) in [4.78, 5) is 11.7. The Morgan fingerprint density at radius 1 is 0.871 bits per heavy atom. The highest BCUT2D eigenvalue weighted by atomic mass is 16.5. The van der Waals surface area contributed by atoms with E-state index in [-0.39, 0.29) is 0 Å². The molecule has 0 amide bonds. The molecule has 2 heterocycles. The van der Waals surface area contributed by atoms with Crippen LogP contribution in [-0.4, -0.2) is 42.5 Å². The van der Waals surface area contributed by atoms with Crippen molar-refractivity contribution in [2.24, 2.45) is 4.99 Å². The number of benzene rings is 2. The fourth-order valence-corrected chi connectivity index (χ4v) is 3.62. The maximum Gasteiger partial charge on any atom is 0.230 e. The number of nitrogens with zero attached hydrogens (tertiary/aromatic N) is 3. The van der Waals surface area contributed by atoms with Crippen molar-refractivity contribution < 1.29 is 9.47 Å². The van der Waals surface area contributed by atoms with Crippen molar-refractivity contribution >= 4 is 5.84 Å². The second-order valence-corrected chi connectivity index (χ2v) is 7.68. The Morgan fingerprint density at radius 3 is 2.55 bits per heavy atom. The van der Waals surface area contributed by atoms with Gasteiger partial charge in [0, 0.05) is 26.3 Å². The lowest BCUT2D eigenvalue weighted by molar-refractivity contribution is 0.291. The number of hydrogen-bond donors (Lipinski definition) is 0. The molecule has 0 radical (unpaired) electrons. The summed E-state index contributed by atoms with van der Waals surface area (Å²) in [7, 11) is 2.09. The van der Waals surface area contributed by atoms with Crippen LogP contribution in [0.15, 0.2) is 77.9 Å². The molecule has 2 aromatic carbocycles. The summed E-state index contributed by atoms with van der Waals surface area (Å²) in [5.41, 5.74) is 2.21. The Balaban J connectivity index is 1.64. The monoisotopic (exact) mass is 415 g/mol. The predicted molar refractivity (Wildman–Crippen MR) is 124 cm³/mol. The number of likely N-dealkylation sites (N-methyl/N-ethyl adjacent to an activating group) is 1. The first-order chi connectivity index (χ1) is 15.3. The standard InChI is InChI=1S/C26H29N3O2/c1-29(19-16-21-11-4-2-5-12-21)25-22-13-10-18-28-26(22)31-24-15-7-6-14-23(24)30-20-9-3-8-17-27-25/h2,4-7,10-15,18H,3,8-9,16-17,19-20H2,1H3. The van der Waals surface area contributed by atoms with E-state index in [2.05, 4.69) is 41.2 Å². The number of pyridine rings is 1. The molecule has 160 valence electrons. The zero-order valence-corrected chi connectivity index (χ0v) is 18.0. The quantitative estimate of drug-likeness (QED) is 0.578. The molecule has 0 N–H and O–H groups in total. The van der Waals surface area contributed by atoms with Crippen LogP contribution in [0, 0.1) is 0 Å². The molecule has 5 heteroatoms. The molecule has 0 atom stereocenters. The summed E-state index contributed by atoms with van der Waals surface area (Å²) < 4.78 is 12.2. The van der Waals surface area contributed by atoms with E-state index < -0.39 is 0 Å². The van der Waals surface area contributed by atoms with Crippen LogP contribution in [-0.2, 0) is 6.42 Å². The molecule has 0 saturated heterocycles. The number of aromatic nitrogens is 1. The van der Waals surface area contributed by atoms with Gasteiger partial charge in [-0.3, -0.25) is 4.99 Å². The van der Waals surface area contributed by atoms with Gasteiger partial charge in [-0.05, 0) is 55.5 Å². The first-order valence-corrected chi connectivity index (χ1v) is 11.0. The van der Waals surface area contributed by atoms with Gasteiger partial charge in [-0.25, -0.2) is 4.98 Å². The number of hydrogen-bond acceptors (Lipinski definition) is 5. The van der Waals surface area contributed by atoms with Crippen LogP contribution in [0.3, 0.4) is 0 Å². The maximum atomic E-state index is 6.25. The molecule has 0 unspecified atom stereocenters. The first-order valence-electron chi connectivity index (χ1n) is 11.0. The summed E-state index contributed by atoms with van der Waals surface area (Å²) in [6, 6.07) is 22.3. The minimum Gasteiger partial charge on any atom is -0.490 e. The molecular formula is C26H29N3O2. The van der Waals surface area contributed by atoms with Gasteiger partial charge in [-0.2, -0.15) is 0 Å². The van der Waals surface area contributed by atoms with Crippen LogP contribution in [0.5, 0.6) is 17.4 Å². The van der Waals surface area contributed by atoms with E-state index in [0.29, 0.717) is 18.2 Å². The van der Waals surface area contributed by atoms with Gasteiger partial charge in [0.25, 0.3) is 0 Å². The Bertz CT molecular complexity index is 1000. The second kappa shape index (κ2) is 10.6. The van der Waals surface area contributed by atoms with Crippen LogP contribution >= 0.6 is 0 Å². The van der Waals surface area contributed by atoms with Crippen LogP contribution in [0.4, 0.5) is 0 Å². The van der Waals surface area contributed by atoms with E-state index in [9.17, 15) is 0 Å². The average Bonchev–Trinajstić information content (AvgIpc) is 2.83. The number of fused-ring (bicyclic) bond motifs is 2. The zero-order chi connectivity index (χ0) is 21.3. The molecule has 3 aromatic rings. The molecule has 0 saturated carbocycles. The molecule has 0 spiro atoms. The topological polar surface area (TPSA) is 47.0 Å². The van der Waals surface area contributed by atoms with Gasteiger partial charge < -0.3 is 14.4 Å². The SMILES string of the molecule is CN(CCc1ccccc1)C1=NCCCCCOc2ccccc2Oc2ncccc21. The molecule has 0 fully saturated rings. The van der Waals surface area contributed by atoms with E-state index in [1.807, 2.05) is 42.5 Å². The Morgan fingerprint density at radius 2 is 1.68 bits per heavy atom. The third-order valence-corrected chi connectivity index (χ3v) is 5.33. The van der Waals surface area contributed by atoms with Gasteiger partial charge in [0.05, 0.1) is 12.2 Å². The summed E-state index contributed by atoms with van der Waals surface area (Å²) in [5, 5.41) is 0. The van der Waals surface area contributed by atoms with Crippen LogP contribution in [0.25, 0.3) is 0 Å². The number of amidine groups is 1. The lowest BCUT2D eigenvalue weighted by atomic mass is 10.1. The summed E-state index contributed by atoms with van der Waals surface area (Å²) in [5.74, 6) is 2.88. The highest BCUT2D eigenvalue weighted by Crippen LogP contribution is 2.32. The van der Waals surface area contributed by atoms with Crippen LogP contribution in [0.1, 0.15) is 30.4 Å². The van der Waals surface area contributed by atoms with Crippen molar-refractivity contribution in [2.75, 3.05) is 26.7 Å². The predicted octanol–water partition coefficient (Wildman–Crippen LogP) is 5.36. The maximum absolute atomic E-state index is 6.25. The van der Waals surface area contributed by atoms with Crippen molar-refractivity contribution in [1.82, 2.24) is 9.88 Å². The third kappa shape index (κ3) is 5.63. The second-order valence-electron chi connectivity index (χ2n) is 7.68. The molecule has 1 aromatic heterocycles. The lowest BCUT2D eigenvalue weighted by Crippen LogP contribution is -2.30. The van der Waals surface area contributed by atoms with Gasteiger partial charge in [0.1, 0.15) is 5.84 Å². The van der Waals surface area contributed by atoms with Gasteiger partial charge in [0.2, 0.25) is 5.88 Å². The van der Waals surface area contributed by atoms with Crippen molar-refractivity contribution in [3.63, 3.8) is 0 Å². The molecule has 31 heavy (non-hydrogen) atoms. The Labute approximate surface area is 184 Å². The van der Waals surface area contributed by atoms with Crippen molar-refractivity contribution in [2.45, 2.75) is 25.7 Å².